The van der Waals surface area contributed by atoms with Crippen LogP contribution < -0.4 is 4.90 Å². The Hall–Kier alpha value is -2.80. The molecule has 42 heavy (non-hydrogen) atoms. The van der Waals surface area contributed by atoms with Gasteiger partial charge in [0, 0.05) is 42.5 Å². The summed E-state index contributed by atoms with van der Waals surface area (Å²) in [5.74, 6) is 0. The normalized spacial score (nSPS) is 17.5. The fourth-order valence-electron chi connectivity index (χ4n) is 5.44. The second-order valence-electron chi connectivity index (χ2n) is 11.1. The Labute approximate surface area is 250 Å². The Kier molecular flexibility index (Phi) is 10.3. The summed E-state index contributed by atoms with van der Waals surface area (Å²) in [5, 5.41) is 0. The third kappa shape index (κ3) is 7.04. The van der Waals surface area contributed by atoms with Crippen LogP contribution in [0.3, 0.4) is 0 Å². The standard InChI is InChI=1S/C31H41NO8S2/c1-8-32-28-15-14-25(42(36,37)38)21-27(28)30(4,5)29(32)11-9-10-23(3)31(6,16-17-40-19-18-39-7)26-20-24(41(33,34)35)13-12-22(26)2/h9-15,20-21H,3,8,16-19H2,1-2,4-7H3,(H,33,34,35)(H,36,37,38)/b10-9+,29-11+. The summed E-state index contributed by atoms with van der Waals surface area (Å²) in [5.41, 5.74) is 3.54. The molecule has 9 nitrogen and oxygen atoms in total. The maximum Gasteiger partial charge on any atom is 0.294 e. The van der Waals surface area contributed by atoms with Gasteiger partial charge < -0.3 is 14.4 Å². The number of nitrogens with zero attached hydrogens (tertiary/aromatic N) is 1. The van der Waals surface area contributed by atoms with Crippen LogP contribution in [0, 0.1) is 6.92 Å². The van der Waals surface area contributed by atoms with Gasteiger partial charge in [0.25, 0.3) is 20.2 Å². The highest BCUT2D eigenvalue weighted by atomic mass is 32.2. The predicted octanol–water partition coefficient (Wildman–Crippen LogP) is 5.61. The summed E-state index contributed by atoms with van der Waals surface area (Å²) in [4.78, 5) is 1.75. The number of likely N-dealkylation sites (N-methyl/N-ethyl adjacent to an activating group) is 1. The predicted molar refractivity (Wildman–Crippen MR) is 164 cm³/mol. The maximum atomic E-state index is 12.0. The van der Waals surface area contributed by atoms with Gasteiger partial charge in [-0.3, -0.25) is 9.11 Å². The molecule has 1 aliphatic rings. The number of hydrogen-bond donors (Lipinski definition) is 2. The lowest BCUT2D eigenvalue weighted by Crippen LogP contribution is -2.27. The molecule has 0 amide bonds. The lowest BCUT2D eigenvalue weighted by atomic mass is 9.72. The fourth-order valence-corrected chi connectivity index (χ4v) is 6.45. The van der Waals surface area contributed by atoms with E-state index in [2.05, 4.69) is 11.5 Å². The van der Waals surface area contributed by atoms with Crippen molar-refractivity contribution in [2.75, 3.05) is 38.4 Å². The van der Waals surface area contributed by atoms with Gasteiger partial charge in [0.2, 0.25) is 0 Å². The zero-order valence-electron chi connectivity index (χ0n) is 25.0. The monoisotopic (exact) mass is 619 g/mol. The average Bonchev–Trinajstić information content (AvgIpc) is 3.12. The molecule has 230 valence electrons. The molecule has 0 spiro atoms. The SMILES string of the molecule is C=C(/C=C/C=C1/N(CC)c2ccc(S(=O)(=O)O)cc2C1(C)C)C(C)(CCOCCOC)c1cc(S(=O)(=O)O)ccc1C. The first-order valence-corrected chi connectivity index (χ1v) is 16.5. The molecule has 2 aromatic rings. The number of rotatable bonds is 13. The first-order valence-electron chi connectivity index (χ1n) is 13.6. The van der Waals surface area contributed by atoms with E-state index in [4.69, 9.17) is 9.47 Å². The topological polar surface area (TPSA) is 130 Å². The van der Waals surface area contributed by atoms with Crippen molar-refractivity contribution < 1.29 is 35.4 Å². The summed E-state index contributed by atoms with van der Waals surface area (Å²) >= 11 is 0. The van der Waals surface area contributed by atoms with Gasteiger partial charge in [-0.2, -0.15) is 16.8 Å². The molecule has 3 rings (SSSR count). The van der Waals surface area contributed by atoms with E-state index < -0.39 is 31.1 Å². The van der Waals surface area contributed by atoms with Gasteiger partial charge >= 0.3 is 0 Å². The van der Waals surface area contributed by atoms with Crippen LogP contribution in [0.1, 0.15) is 50.8 Å². The summed E-state index contributed by atoms with van der Waals surface area (Å²) < 4.78 is 77.6. The number of aryl methyl sites for hydroxylation is 1. The number of anilines is 1. The highest BCUT2D eigenvalue weighted by Crippen LogP contribution is 2.48. The average molecular weight is 620 g/mol. The Morgan fingerprint density at radius 3 is 2.24 bits per heavy atom. The Bertz CT molecular complexity index is 1610. The molecule has 1 aliphatic heterocycles. The van der Waals surface area contributed by atoms with Gasteiger partial charge in [-0.05, 0) is 78.9 Å². The third-order valence-electron chi connectivity index (χ3n) is 8.02. The molecule has 1 unspecified atom stereocenters. The molecule has 0 fully saturated rings. The van der Waals surface area contributed by atoms with Crippen LogP contribution in [-0.2, 0) is 40.5 Å². The van der Waals surface area contributed by atoms with Gasteiger partial charge in [-0.25, -0.2) is 0 Å². The number of methoxy groups -OCH3 is 1. The summed E-state index contributed by atoms with van der Waals surface area (Å²) in [6.45, 7) is 16.1. The molecule has 0 bridgehead atoms. The van der Waals surface area contributed by atoms with Crippen molar-refractivity contribution in [3.63, 3.8) is 0 Å². The van der Waals surface area contributed by atoms with Crippen LogP contribution >= 0.6 is 0 Å². The molecular weight excluding hydrogens is 578 g/mol. The van der Waals surface area contributed by atoms with Crippen molar-refractivity contribution in [1.82, 2.24) is 0 Å². The van der Waals surface area contributed by atoms with Crippen molar-refractivity contribution in [3.8, 4) is 0 Å². The molecule has 0 radical (unpaired) electrons. The van der Waals surface area contributed by atoms with Gasteiger partial charge in [-0.1, -0.05) is 45.6 Å². The Balaban J connectivity index is 2.02. The molecule has 0 aliphatic carbocycles. The van der Waals surface area contributed by atoms with Crippen molar-refractivity contribution in [2.24, 2.45) is 0 Å². The second-order valence-corrected chi connectivity index (χ2v) is 13.9. The van der Waals surface area contributed by atoms with E-state index in [0.29, 0.717) is 43.9 Å². The summed E-state index contributed by atoms with van der Waals surface area (Å²) in [6.07, 6.45) is 6.20. The van der Waals surface area contributed by atoms with E-state index in [9.17, 15) is 25.9 Å². The van der Waals surface area contributed by atoms with E-state index in [1.807, 2.05) is 52.8 Å². The molecule has 2 N–H and O–H groups in total. The first kappa shape index (κ1) is 33.7. The zero-order chi connectivity index (χ0) is 31.5. The van der Waals surface area contributed by atoms with Crippen LogP contribution in [0.5, 0.6) is 0 Å². The molecule has 2 aromatic carbocycles. The highest BCUT2D eigenvalue weighted by molar-refractivity contribution is 7.86. The molecule has 0 saturated carbocycles. The Morgan fingerprint density at radius 1 is 1.02 bits per heavy atom. The minimum absolute atomic E-state index is 0.151. The molecule has 0 aromatic heterocycles. The van der Waals surface area contributed by atoms with Gasteiger partial charge in [0.15, 0.2) is 0 Å². The van der Waals surface area contributed by atoms with E-state index in [-0.39, 0.29) is 9.79 Å². The second kappa shape index (κ2) is 12.8. The molecule has 11 heteroatoms. The largest absolute Gasteiger partial charge is 0.382 e. The molecule has 1 heterocycles. The minimum Gasteiger partial charge on any atom is -0.382 e. The molecular formula is C31H41NO8S2. The molecule has 1 atom stereocenters. The minimum atomic E-state index is -4.41. The zero-order valence-corrected chi connectivity index (χ0v) is 26.7. The number of hydrogen-bond acceptors (Lipinski definition) is 7. The van der Waals surface area contributed by atoms with E-state index in [1.54, 1.807) is 19.2 Å². The van der Waals surface area contributed by atoms with E-state index in [0.717, 1.165) is 22.5 Å². The van der Waals surface area contributed by atoms with Gasteiger partial charge in [0.05, 0.1) is 23.0 Å². The van der Waals surface area contributed by atoms with Crippen molar-refractivity contribution in [3.05, 3.63) is 89.2 Å². The van der Waals surface area contributed by atoms with Crippen LogP contribution in [0.25, 0.3) is 0 Å². The van der Waals surface area contributed by atoms with Crippen LogP contribution in [-0.4, -0.2) is 59.4 Å². The molecule has 0 saturated heterocycles. The smallest absolute Gasteiger partial charge is 0.294 e. The van der Waals surface area contributed by atoms with E-state index in [1.165, 1.54) is 24.3 Å². The van der Waals surface area contributed by atoms with Crippen LogP contribution in [0.2, 0.25) is 0 Å². The number of allylic oxidation sites excluding steroid dienone is 5. The van der Waals surface area contributed by atoms with Gasteiger partial charge in [-0.15, -0.1) is 0 Å². The maximum absolute atomic E-state index is 12.0. The van der Waals surface area contributed by atoms with Crippen LogP contribution in [0.15, 0.2) is 82.3 Å². The van der Waals surface area contributed by atoms with Crippen LogP contribution in [0.4, 0.5) is 5.69 Å². The van der Waals surface area contributed by atoms with Crippen molar-refractivity contribution in [2.45, 2.75) is 61.7 Å². The first-order chi connectivity index (χ1) is 19.5. The quantitative estimate of drug-likeness (QED) is 0.167. The lowest BCUT2D eigenvalue weighted by molar-refractivity contribution is 0.0639. The van der Waals surface area contributed by atoms with Crippen molar-refractivity contribution >= 4 is 25.9 Å². The van der Waals surface area contributed by atoms with E-state index >= 15 is 0 Å². The summed E-state index contributed by atoms with van der Waals surface area (Å²) in [7, 11) is -7.17. The third-order valence-corrected chi connectivity index (χ3v) is 9.72. The van der Waals surface area contributed by atoms with Crippen molar-refractivity contribution in [1.29, 1.82) is 0 Å². The number of fused-ring (bicyclic) bond motifs is 1. The number of ether oxygens (including phenoxy) is 2. The Morgan fingerprint density at radius 2 is 1.64 bits per heavy atom. The highest BCUT2D eigenvalue weighted by Gasteiger charge is 2.40. The number of benzene rings is 2. The summed E-state index contributed by atoms with van der Waals surface area (Å²) in [6, 6.07) is 9.15. The lowest BCUT2D eigenvalue weighted by Gasteiger charge is -2.33. The fraction of sp³-hybridized carbons (Fsp3) is 0.419. The van der Waals surface area contributed by atoms with Gasteiger partial charge in [0.1, 0.15) is 0 Å².